The van der Waals surface area contributed by atoms with Crippen LogP contribution in [0.1, 0.15) is 28.4 Å². The summed E-state index contributed by atoms with van der Waals surface area (Å²) in [6.07, 6.45) is 1.55. The minimum absolute atomic E-state index is 0.125. The number of imidazole rings is 1. The smallest absolute Gasteiger partial charge is 0.330 e. The fourth-order valence-electron chi connectivity index (χ4n) is 5.01. The molecular weight excluding hydrogens is 486 g/mol. The molecule has 38 heavy (non-hydrogen) atoms. The van der Waals surface area contributed by atoms with Gasteiger partial charge in [0.25, 0.3) is 0 Å². The first-order valence-corrected chi connectivity index (χ1v) is 12.2. The van der Waals surface area contributed by atoms with E-state index in [-0.39, 0.29) is 17.9 Å². The van der Waals surface area contributed by atoms with Gasteiger partial charge in [0.1, 0.15) is 17.0 Å². The van der Waals surface area contributed by atoms with Gasteiger partial charge in [0.05, 0.1) is 35.6 Å². The zero-order chi connectivity index (χ0) is 26.4. The second kappa shape index (κ2) is 9.06. The average Bonchev–Trinajstić information content (AvgIpc) is 3.48. The molecule has 0 saturated heterocycles. The molecule has 0 atom stereocenters. The lowest BCUT2D eigenvalue weighted by molar-refractivity contribution is 0.0299. The Balaban J connectivity index is 1.65. The maximum atomic E-state index is 16.0. The highest BCUT2D eigenvalue weighted by Crippen LogP contribution is 2.41. The summed E-state index contributed by atoms with van der Waals surface area (Å²) in [6, 6.07) is 21.0. The van der Waals surface area contributed by atoms with Gasteiger partial charge in [-0.2, -0.15) is 8.78 Å². The van der Waals surface area contributed by atoms with Crippen molar-refractivity contribution in [1.29, 1.82) is 0 Å². The number of fused-ring (bicyclic) bond motifs is 3. The largest absolute Gasteiger partial charge is 0.496 e. The van der Waals surface area contributed by atoms with Crippen LogP contribution in [0.3, 0.4) is 0 Å². The van der Waals surface area contributed by atoms with Gasteiger partial charge in [-0.3, -0.25) is 4.98 Å². The zero-order valence-corrected chi connectivity index (χ0v) is 21.1. The maximum absolute atomic E-state index is 16.0. The number of nitrogens with zero attached hydrogens (tertiary/aromatic N) is 4. The van der Waals surface area contributed by atoms with Gasteiger partial charge in [-0.1, -0.05) is 65.8 Å². The molecule has 0 N–H and O–H groups in total. The maximum Gasteiger partial charge on any atom is 0.330 e. The molecule has 6 nitrogen and oxygen atoms in total. The summed E-state index contributed by atoms with van der Waals surface area (Å²) in [5.74, 6) is -2.46. The normalized spacial score (nSPS) is 11.9. The molecule has 0 aliphatic heterocycles. The van der Waals surface area contributed by atoms with Gasteiger partial charge in [0.2, 0.25) is 0 Å². The van der Waals surface area contributed by atoms with Crippen LogP contribution in [0.4, 0.5) is 8.78 Å². The van der Waals surface area contributed by atoms with E-state index < -0.39 is 5.92 Å². The second-order valence-electron chi connectivity index (χ2n) is 9.21. The van der Waals surface area contributed by atoms with E-state index in [0.29, 0.717) is 33.4 Å². The van der Waals surface area contributed by atoms with Crippen molar-refractivity contribution < 1.29 is 18.0 Å². The highest BCUT2D eigenvalue weighted by atomic mass is 19.3. The minimum atomic E-state index is -3.33. The third-order valence-corrected chi connectivity index (χ3v) is 6.80. The molecule has 3 heterocycles. The third-order valence-electron chi connectivity index (χ3n) is 6.80. The topological polar surface area (TPSA) is 66.0 Å². The van der Waals surface area contributed by atoms with Crippen molar-refractivity contribution >= 4 is 21.9 Å². The van der Waals surface area contributed by atoms with E-state index >= 15 is 8.78 Å². The van der Waals surface area contributed by atoms with Gasteiger partial charge in [-0.15, -0.1) is 0 Å². The summed E-state index contributed by atoms with van der Waals surface area (Å²) < 4.78 is 44.8. The highest BCUT2D eigenvalue weighted by Gasteiger charge is 2.40. The predicted octanol–water partition coefficient (Wildman–Crippen LogP) is 7.05. The van der Waals surface area contributed by atoms with Gasteiger partial charge < -0.3 is 13.8 Å². The van der Waals surface area contributed by atoms with Crippen molar-refractivity contribution in [1.82, 2.24) is 19.7 Å². The molecule has 0 fully saturated rings. The van der Waals surface area contributed by atoms with E-state index in [9.17, 15) is 0 Å². The first kappa shape index (κ1) is 23.8. The molecule has 0 amide bonds. The van der Waals surface area contributed by atoms with Crippen molar-refractivity contribution in [3.8, 4) is 16.9 Å². The van der Waals surface area contributed by atoms with Crippen LogP contribution in [0, 0.1) is 13.8 Å². The molecule has 8 heteroatoms. The number of aromatic nitrogens is 4. The third kappa shape index (κ3) is 3.80. The lowest BCUT2D eigenvalue weighted by atomic mass is 10.0. The van der Waals surface area contributed by atoms with Crippen molar-refractivity contribution in [3.05, 3.63) is 107 Å². The Morgan fingerprint density at radius 1 is 0.947 bits per heavy atom. The first-order chi connectivity index (χ1) is 18.4. The molecule has 0 saturated carbocycles. The number of pyridine rings is 1. The number of halogens is 2. The molecule has 0 bridgehead atoms. The number of hydrogen-bond acceptors (Lipinski definition) is 5. The SMILES string of the molecule is COc1cc2c(cc1-c1c(C)noc1C)ncc1nc(C(F)(F)c3ccccc3)n(Cc3ccccc3)c12. The Kier molecular flexibility index (Phi) is 5.67. The number of ether oxygens (including phenoxy) is 1. The van der Waals surface area contributed by atoms with Crippen LogP contribution in [0.2, 0.25) is 0 Å². The van der Waals surface area contributed by atoms with Crippen LogP contribution in [0.15, 0.2) is 83.5 Å². The van der Waals surface area contributed by atoms with Gasteiger partial charge in [-0.25, -0.2) is 4.98 Å². The zero-order valence-electron chi connectivity index (χ0n) is 21.1. The van der Waals surface area contributed by atoms with E-state index in [4.69, 9.17) is 9.26 Å². The van der Waals surface area contributed by atoms with Crippen LogP contribution < -0.4 is 4.74 Å². The van der Waals surface area contributed by atoms with E-state index in [1.54, 1.807) is 36.1 Å². The monoisotopic (exact) mass is 510 g/mol. The number of benzene rings is 3. The van der Waals surface area contributed by atoms with Crippen molar-refractivity contribution in [2.75, 3.05) is 7.11 Å². The summed E-state index contributed by atoms with van der Waals surface area (Å²) in [4.78, 5) is 9.05. The number of rotatable bonds is 6. The summed E-state index contributed by atoms with van der Waals surface area (Å²) in [7, 11) is 1.58. The molecule has 0 spiro atoms. The number of alkyl halides is 2. The number of hydrogen-bond donors (Lipinski definition) is 0. The van der Waals surface area contributed by atoms with E-state index in [0.717, 1.165) is 22.4 Å². The Hall–Kier alpha value is -4.59. The van der Waals surface area contributed by atoms with Crippen molar-refractivity contribution in [2.45, 2.75) is 26.3 Å². The van der Waals surface area contributed by atoms with Crippen molar-refractivity contribution in [3.63, 3.8) is 0 Å². The molecule has 3 aromatic heterocycles. The molecule has 190 valence electrons. The van der Waals surface area contributed by atoms with Crippen LogP contribution in [-0.4, -0.2) is 26.8 Å². The fraction of sp³-hybridized carbons (Fsp3) is 0.167. The minimum Gasteiger partial charge on any atom is -0.496 e. The highest BCUT2D eigenvalue weighted by molar-refractivity contribution is 6.05. The number of aryl methyl sites for hydroxylation is 2. The Morgan fingerprint density at radius 3 is 2.32 bits per heavy atom. The molecule has 3 aromatic carbocycles. The van der Waals surface area contributed by atoms with Crippen LogP contribution in [-0.2, 0) is 12.5 Å². The summed E-state index contributed by atoms with van der Waals surface area (Å²) in [6.45, 7) is 3.91. The molecule has 0 radical (unpaired) electrons. The molecule has 6 rings (SSSR count). The molecular formula is C30H24F2N4O2. The summed E-state index contributed by atoms with van der Waals surface area (Å²) in [5.41, 5.74) is 4.63. The van der Waals surface area contributed by atoms with Crippen LogP contribution in [0.25, 0.3) is 33.1 Å². The van der Waals surface area contributed by atoms with Gasteiger partial charge >= 0.3 is 5.92 Å². The van der Waals surface area contributed by atoms with Gasteiger partial charge in [0, 0.05) is 23.1 Å². The number of methoxy groups -OCH3 is 1. The Bertz CT molecular complexity index is 1760. The van der Waals surface area contributed by atoms with Crippen LogP contribution in [0.5, 0.6) is 5.75 Å². The summed E-state index contributed by atoms with van der Waals surface area (Å²) >= 11 is 0. The first-order valence-electron chi connectivity index (χ1n) is 12.2. The van der Waals surface area contributed by atoms with Crippen molar-refractivity contribution in [2.24, 2.45) is 0 Å². The fourth-order valence-corrected chi connectivity index (χ4v) is 5.01. The average molecular weight is 511 g/mol. The standard InChI is InChI=1S/C30H24F2N4O2/c1-18-27(19(2)38-35-18)23-14-24-22(15-26(23)37-3)28-25(16-33-24)34-29(30(31,32)21-12-8-5-9-13-21)36(28)17-20-10-6-4-7-11-20/h4-16H,17H2,1-3H3. The van der Waals surface area contributed by atoms with Gasteiger partial charge in [0.15, 0.2) is 5.82 Å². The predicted molar refractivity (Wildman–Crippen MR) is 142 cm³/mol. The molecule has 0 unspecified atom stereocenters. The molecule has 0 aliphatic carbocycles. The van der Waals surface area contributed by atoms with E-state index in [1.807, 2.05) is 56.3 Å². The Morgan fingerprint density at radius 2 is 1.66 bits per heavy atom. The van der Waals surface area contributed by atoms with E-state index in [2.05, 4.69) is 15.1 Å². The second-order valence-corrected chi connectivity index (χ2v) is 9.21. The molecule has 6 aromatic rings. The quantitative estimate of drug-likeness (QED) is 0.240. The van der Waals surface area contributed by atoms with Gasteiger partial charge in [-0.05, 0) is 31.5 Å². The Labute approximate surface area is 217 Å². The summed E-state index contributed by atoms with van der Waals surface area (Å²) in [5, 5.41) is 4.73. The van der Waals surface area contributed by atoms with Crippen LogP contribution >= 0.6 is 0 Å². The lowest BCUT2D eigenvalue weighted by Gasteiger charge is -2.19. The molecule has 0 aliphatic rings. The lowest BCUT2D eigenvalue weighted by Crippen LogP contribution is -2.22. The van der Waals surface area contributed by atoms with E-state index in [1.165, 1.54) is 12.1 Å².